The van der Waals surface area contributed by atoms with E-state index in [1.54, 1.807) is 0 Å². The van der Waals surface area contributed by atoms with Crippen molar-refractivity contribution < 1.29 is 14.3 Å². The third kappa shape index (κ3) is 7.60. The molecule has 1 aliphatic heterocycles. The summed E-state index contributed by atoms with van der Waals surface area (Å²) in [7, 11) is 0. The Morgan fingerprint density at radius 3 is 2.31 bits per heavy atom. The quantitative estimate of drug-likeness (QED) is 0.117. The molecule has 192 valence electrons. The molecule has 3 rings (SSSR count). The predicted molar refractivity (Wildman–Crippen MR) is 145 cm³/mol. The molecule has 0 radical (unpaired) electrons. The molecule has 0 aromatic heterocycles. The molecular formula is C28H36Cl3NO3. The second-order valence-electron chi connectivity index (χ2n) is 9.64. The number of hydrogen-bond donors (Lipinski definition) is 0. The molecule has 0 N–H and O–H groups in total. The Labute approximate surface area is 224 Å². The third-order valence-corrected chi connectivity index (χ3v) is 7.63. The monoisotopic (exact) mass is 539 g/mol. The third-order valence-electron chi connectivity index (χ3n) is 6.61. The van der Waals surface area contributed by atoms with Gasteiger partial charge in [0, 0.05) is 6.07 Å². The van der Waals surface area contributed by atoms with Crippen molar-refractivity contribution in [1.82, 2.24) is 4.90 Å². The smallest absolute Gasteiger partial charge is 0.328 e. The van der Waals surface area contributed by atoms with Gasteiger partial charge in [0.25, 0.3) is 0 Å². The summed E-state index contributed by atoms with van der Waals surface area (Å²) in [4.78, 5) is 15.8. The lowest BCUT2D eigenvalue weighted by Crippen LogP contribution is -2.52. The summed E-state index contributed by atoms with van der Waals surface area (Å²) in [6.45, 7) is 6.74. The summed E-state index contributed by atoms with van der Waals surface area (Å²) >= 11 is 18.5. The van der Waals surface area contributed by atoms with Crippen LogP contribution in [0.2, 0.25) is 15.1 Å². The lowest BCUT2D eigenvalue weighted by atomic mass is 9.98. The first-order valence-corrected chi connectivity index (χ1v) is 13.7. The molecule has 2 atom stereocenters. The van der Waals surface area contributed by atoms with E-state index < -0.39 is 11.8 Å². The molecule has 0 unspecified atom stereocenters. The number of carbonyl (C=O) groups excluding carboxylic acids is 1. The van der Waals surface area contributed by atoms with Gasteiger partial charge in [0.05, 0.1) is 27.7 Å². The second kappa shape index (κ2) is 13.3. The standard InChI is InChI=1S/C28H36Cl3NO3/c1-4-5-6-7-8-9-13-16-24(27(33)35-26-18-22(30)21(29)17-23(26)31)32-25(19-34-28(32,2)3)20-14-11-10-12-15-20/h10-12,14-15,17-18,24-25H,4-9,13,16,19H2,1-3H3/t24-,25-/m0/s1. The van der Waals surface area contributed by atoms with E-state index >= 15 is 0 Å². The first kappa shape index (κ1) is 28.3. The maximum atomic E-state index is 13.7. The molecule has 7 heteroatoms. The van der Waals surface area contributed by atoms with Gasteiger partial charge in [-0.05, 0) is 31.9 Å². The fourth-order valence-electron chi connectivity index (χ4n) is 4.76. The van der Waals surface area contributed by atoms with Gasteiger partial charge in [-0.25, -0.2) is 4.79 Å². The first-order valence-electron chi connectivity index (χ1n) is 12.6. The molecule has 2 aromatic rings. The molecule has 1 heterocycles. The molecule has 4 nitrogen and oxygen atoms in total. The van der Waals surface area contributed by atoms with Crippen LogP contribution in [0, 0.1) is 0 Å². The van der Waals surface area contributed by atoms with E-state index in [1.165, 1.54) is 44.2 Å². The highest BCUT2D eigenvalue weighted by molar-refractivity contribution is 6.43. The van der Waals surface area contributed by atoms with Crippen LogP contribution < -0.4 is 4.74 Å². The molecule has 1 fully saturated rings. The number of benzene rings is 2. The molecule has 0 spiro atoms. The summed E-state index contributed by atoms with van der Waals surface area (Å²) in [6.07, 6.45) is 8.84. The summed E-state index contributed by atoms with van der Waals surface area (Å²) in [5, 5.41) is 0.850. The van der Waals surface area contributed by atoms with Gasteiger partial charge < -0.3 is 9.47 Å². The Hall–Kier alpha value is -1.30. The van der Waals surface area contributed by atoms with Crippen LogP contribution >= 0.6 is 34.8 Å². The van der Waals surface area contributed by atoms with E-state index in [1.807, 2.05) is 32.0 Å². The van der Waals surface area contributed by atoms with Crippen molar-refractivity contribution in [2.45, 2.75) is 89.9 Å². The second-order valence-corrected chi connectivity index (χ2v) is 10.9. The number of hydrogen-bond acceptors (Lipinski definition) is 4. The van der Waals surface area contributed by atoms with E-state index in [-0.39, 0.29) is 27.8 Å². The number of halogens is 3. The molecule has 0 bridgehead atoms. The average Bonchev–Trinajstić information content (AvgIpc) is 3.14. The number of ether oxygens (including phenoxy) is 2. The fraction of sp³-hybridized carbons (Fsp3) is 0.536. The number of rotatable bonds is 12. The topological polar surface area (TPSA) is 38.8 Å². The molecule has 1 saturated heterocycles. The van der Waals surface area contributed by atoms with Crippen molar-refractivity contribution in [2.24, 2.45) is 0 Å². The van der Waals surface area contributed by atoms with Crippen LogP contribution in [0.3, 0.4) is 0 Å². The van der Waals surface area contributed by atoms with Gasteiger partial charge in [-0.3, -0.25) is 4.90 Å². The highest BCUT2D eigenvalue weighted by Gasteiger charge is 2.47. The van der Waals surface area contributed by atoms with E-state index in [0.717, 1.165) is 18.4 Å². The molecule has 0 amide bonds. The minimum absolute atomic E-state index is 0.0578. The van der Waals surface area contributed by atoms with Gasteiger partial charge >= 0.3 is 5.97 Å². The van der Waals surface area contributed by atoms with Crippen LogP contribution in [-0.4, -0.2) is 29.2 Å². The Bertz CT molecular complexity index is 967. The van der Waals surface area contributed by atoms with Crippen molar-refractivity contribution in [2.75, 3.05) is 6.61 Å². The summed E-state index contributed by atoms with van der Waals surface area (Å²) in [5.74, 6) is -0.152. The van der Waals surface area contributed by atoms with Gasteiger partial charge in [-0.1, -0.05) is 117 Å². The molecule has 2 aromatic carbocycles. The zero-order valence-electron chi connectivity index (χ0n) is 20.9. The van der Waals surface area contributed by atoms with Crippen LogP contribution in [0.4, 0.5) is 0 Å². The number of carbonyl (C=O) groups is 1. The van der Waals surface area contributed by atoms with E-state index in [2.05, 4.69) is 24.0 Å². The largest absolute Gasteiger partial charge is 0.424 e. The van der Waals surface area contributed by atoms with E-state index in [4.69, 9.17) is 44.3 Å². The predicted octanol–water partition coefficient (Wildman–Crippen LogP) is 8.87. The number of nitrogens with zero attached hydrogens (tertiary/aromatic N) is 1. The zero-order chi connectivity index (χ0) is 25.4. The Morgan fingerprint density at radius 1 is 1.00 bits per heavy atom. The van der Waals surface area contributed by atoms with Crippen molar-refractivity contribution in [3.8, 4) is 5.75 Å². The van der Waals surface area contributed by atoms with E-state index in [0.29, 0.717) is 18.1 Å². The normalized spacial score (nSPS) is 18.5. The molecule has 0 saturated carbocycles. The van der Waals surface area contributed by atoms with Crippen molar-refractivity contribution in [3.05, 3.63) is 63.1 Å². The summed E-state index contributed by atoms with van der Waals surface area (Å²) in [5.41, 5.74) is 0.482. The van der Waals surface area contributed by atoms with Gasteiger partial charge in [0.2, 0.25) is 0 Å². The van der Waals surface area contributed by atoms with E-state index in [9.17, 15) is 4.79 Å². The molecule has 35 heavy (non-hydrogen) atoms. The highest BCUT2D eigenvalue weighted by Crippen LogP contribution is 2.41. The van der Waals surface area contributed by atoms with Crippen LogP contribution in [0.15, 0.2) is 42.5 Å². The summed E-state index contributed by atoms with van der Waals surface area (Å²) in [6, 6.07) is 12.6. The van der Waals surface area contributed by atoms with Crippen LogP contribution in [0.1, 0.15) is 83.7 Å². The minimum Gasteiger partial charge on any atom is -0.424 e. The van der Waals surface area contributed by atoms with Gasteiger partial charge in [0.1, 0.15) is 11.8 Å². The zero-order valence-corrected chi connectivity index (χ0v) is 23.1. The minimum atomic E-state index is -0.632. The van der Waals surface area contributed by atoms with Crippen LogP contribution in [0.5, 0.6) is 5.75 Å². The van der Waals surface area contributed by atoms with Crippen LogP contribution in [0.25, 0.3) is 0 Å². The Balaban J connectivity index is 1.82. The van der Waals surface area contributed by atoms with Crippen molar-refractivity contribution in [1.29, 1.82) is 0 Å². The maximum Gasteiger partial charge on any atom is 0.328 e. The highest BCUT2D eigenvalue weighted by atomic mass is 35.5. The number of unbranched alkanes of at least 4 members (excludes halogenated alkanes) is 6. The molecular weight excluding hydrogens is 505 g/mol. The van der Waals surface area contributed by atoms with Crippen molar-refractivity contribution >= 4 is 40.8 Å². The summed E-state index contributed by atoms with van der Waals surface area (Å²) < 4.78 is 12.0. The van der Waals surface area contributed by atoms with Crippen LogP contribution in [-0.2, 0) is 9.53 Å². The lowest BCUT2D eigenvalue weighted by molar-refractivity contribution is -0.150. The number of esters is 1. The van der Waals surface area contributed by atoms with Gasteiger partial charge in [0.15, 0.2) is 5.75 Å². The fourth-order valence-corrected chi connectivity index (χ4v) is 5.34. The SMILES string of the molecule is CCCCCCCCC[C@@H](C(=O)Oc1cc(Cl)c(Cl)cc1Cl)N1[C@H](c2ccccc2)COC1(C)C. The molecule has 1 aliphatic rings. The molecule has 0 aliphatic carbocycles. The van der Waals surface area contributed by atoms with Gasteiger partial charge in [-0.15, -0.1) is 0 Å². The first-order chi connectivity index (χ1) is 16.7. The lowest BCUT2D eigenvalue weighted by Gasteiger charge is -2.39. The Kier molecular flexibility index (Phi) is 10.7. The maximum absolute atomic E-state index is 13.7. The van der Waals surface area contributed by atoms with Gasteiger partial charge in [-0.2, -0.15) is 0 Å². The average molecular weight is 541 g/mol. The Morgan fingerprint density at radius 2 is 1.63 bits per heavy atom. The van der Waals surface area contributed by atoms with Crippen molar-refractivity contribution in [3.63, 3.8) is 0 Å².